The number of hydrogen-bond acceptors (Lipinski definition) is 5. The first-order valence-corrected chi connectivity index (χ1v) is 9.48. The van der Waals surface area contributed by atoms with E-state index in [1.165, 1.54) is 24.4 Å². The average molecular weight is 434 g/mol. The predicted molar refractivity (Wildman–Crippen MR) is 118 cm³/mol. The number of ether oxygens (including phenoxy) is 1. The number of benzene rings is 3. The van der Waals surface area contributed by atoms with Crippen molar-refractivity contribution >= 4 is 35.3 Å². The third-order valence-electron chi connectivity index (χ3n) is 4.03. The molecule has 0 spiro atoms. The van der Waals surface area contributed by atoms with Gasteiger partial charge in [0.2, 0.25) is 0 Å². The van der Waals surface area contributed by atoms with Crippen molar-refractivity contribution in [3.8, 4) is 5.75 Å². The standard InChI is InChI=1S/C23H19FN4O4/c24-18-11-5-6-12-19(18)27-22(30)23(31)28-25-14-16-8-4-7-13-20(16)32-15-21(29)26-17-9-2-1-3-10-17/h1-14H,15H2,(H,26,29)(H,27,30)(H,28,31)/b25-14-. The van der Waals surface area contributed by atoms with Crippen molar-refractivity contribution in [3.05, 3.63) is 90.2 Å². The summed E-state index contributed by atoms with van der Waals surface area (Å²) in [6.07, 6.45) is 1.26. The summed E-state index contributed by atoms with van der Waals surface area (Å²) < 4.78 is 19.1. The molecule has 9 heteroatoms. The molecule has 0 fully saturated rings. The van der Waals surface area contributed by atoms with Gasteiger partial charge in [-0.15, -0.1) is 0 Å². The maximum Gasteiger partial charge on any atom is 0.329 e. The fourth-order valence-corrected chi connectivity index (χ4v) is 2.53. The molecule has 0 aliphatic carbocycles. The van der Waals surface area contributed by atoms with Crippen molar-refractivity contribution in [1.82, 2.24) is 5.43 Å². The highest BCUT2D eigenvalue weighted by Gasteiger charge is 2.14. The van der Waals surface area contributed by atoms with Crippen LogP contribution in [0.2, 0.25) is 0 Å². The number of amides is 3. The molecule has 0 bridgehead atoms. The molecule has 32 heavy (non-hydrogen) atoms. The molecule has 3 rings (SSSR count). The maximum absolute atomic E-state index is 13.6. The molecule has 0 aliphatic heterocycles. The summed E-state index contributed by atoms with van der Waals surface area (Å²) in [6, 6.07) is 21.1. The number of nitrogens with zero attached hydrogens (tertiary/aromatic N) is 1. The number of para-hydroxylation sites is 3. The summed E-state index contributed by atoms with van der Waals surface area (Å²) in [6.45, 7) is -0.239. The van der Waals surface area contributed by atoms with Crippen molar-refractivity contribution in [2.75, 3.05) is 17.2 Å². The van der Waals surface area contributed by atoms with Gasteiger partial charge in [0.05, 0.1) is 11.9 Å². The Morgan fingerprint density at radius 3 is 2.31 bits per heavy atom. The van der Waals surface area contributed by atoms with Crippen LogP contribution in [-0.4, -0.2) is 30.5 Å². The highest BCUT2D eigenvalue weighted by atomic mass is 19.1. The molecule has 0 aliphatic rings. The van der Waals surface area contributed by atoms with Crippen LogP contribution < -0.4 is 20.8 Å². The van der Waals surface area contributed by atoms with E-state index in [1.54, 1.807) is 48.5 Å². The third kappa shape index (κ3) is 6.49. The largest absolute Gasteiger partial charge is 0.483 e. The van der Waals surface area contributed by atoms with Gasteiger partial charge in [-0.1, -0.05) is 42.5 Å². The molecule has 162 valence electrons. The molecule has 0 atom stereocenters. The normalized spacial score (nSPS) is 10.4. The summed E-state index contributed by atoms with van der Waals surface area (Å²) in [5.74, 6) is -2.82. The van der Waals surface area contributed by atoms with Gasteiger partial charge in [-0.3, -0.25) is 14.4 Å². The van der Waals surface area contributed by atoms with Crippen molar-refractivity contribution in [2.24, 2.45) is 5.10 Å². The van der Waals surface area contributed by atoms with E-state index in [1.807, 2.05) is 6.07 Å². The molecule has 8 nitrogen and oxygen atoms in total. The van der Waals surface area contributed by atoms with Gasteiger partial charge in [0, 0.05) is 11.3 Å². The fraction of sp³-hybridized carbons (Fsp3) is 0.0435. The summed E-state index contributed by atoms with van der Waals surface area (Å²) in [5, 5.41) is 8.58. The molecule has 3 amide bonds. The van der Waals surface area contributed by atoms with Crippen LogP contribution in [0.1, 0.15) is 5.56 Å². The topological polar surface area (TPSA) is 109 Å². The number of carbonyl (C=O) groups is 3. The number of hydrazone groups is 1. The first kappa shape index (κ1) is 22.2. The Morgan fingerprint density at radius 2 is 1.53 bits per heavy atom. The first-order chi connectivity index (χ1) is 15.5. The van der Waals surface area contributed by atoms with E-state index in [4.69, 9.17) is 4.74 Å². The molecule has 0 unspecified atom stereocenters. The number of carbonyl (C=O) groups excluding carboxylic acids is 3. The van der Waals surface area contributed by atoms with E-state index in [0.29, 0.717) is 17.0 Å². The van der Waals surface area contributed by atoms with Crippen LogP contribution in [-0.2, 0) is 14.4 Å². The van der Waals surface area contributed by atoms with Gasteiger partial charge in [-0.25, -0.2) is 9.82 Å². The number of halogens is 1. The zero-order valence-corrected chi connectivity index (χ0v) is 16.7. The quantitative estimate of drug-likeness (QED) is 0.302. The molecular weight excluding hydrogens is 415 g/mol. The van der Waals surface area contributed by atoms with E-state index >= 15 is 0 Å². The molecule has 0 aromatic heterocycles. The van der Waals surface area contributed by atoms with Crippen LogP contribution in [0.25, 0.3) is 0 Å². The highest BCUT2D eigenvalue weighted by Crippen LogP contribution is 2.16. The van der Waals surface area contributed by atoms with Crippen molar-refractivity contribution in [1.29, 1.82) is 0 Å². The van der Waals surface area contributed by atoms with E-state index in [2.05, 4.69) is 21.2 Å². The van der Waals surface area contributed by atoms with Crippen LogP contribution in [0.5, 0.6) is 5.75 Å². The maximum atomic E-state index is 13.6. The second-order valence-corrected chi connectivity index (χ2v) is 6.37. The molecule has 3 aromatic rings. The third-order valence-corrected chi connectivity index (χ3v) is 4.03. The van der Waals surface area contributed by atoms with E-state index in [-0.39, 0.29) is 18.2 Å². The van der Waals surface area contributed by atoms with Gasteiger partial charge in [-0.05, 0) is 36.4 Å². The van der Waals surface area contributed by atoms with Gasteiger partial charge in [0.25, 0.3) is 5.91 Å². The molecule has 0 heterocycles. The summed E-state index contributed by atoms with van der Waals surface area (Å²) in [7, 11) is 0. The Kier molecular flexibility index (Phi) is 7.63. The molecule has 3 N–H and O–H groups in total. The predicted octanol–water partition coefficient (Wildman–Crippen LogP) is 2.93. The van der Waals surface area contributed by atoms with E-state index < -0.39 is 17.6 Å². The molecule has 0 saturated heterocycles. The van der Waals surface area contributed by atoms with Crippen molar-refractivity contribution in [3.63, 3.8) is 0 Å². The van der Waals surface area contributed by atoms with Gasteiger partial charge >= 0.3 is 11.8 Å². The highest BCUT2D eigenvalue weighted by molar-refractivity contribution is 6.39. The number of rotatable bonds is 7. The smallest absolute Gasteiger partial charge is 0.329 e. The Morgan fingerprint density at radius 1 is 0.844 bits per heavy atom. The zero-order chi connectivity index (χ0) is 22.8. The minimum Gasteiger partial charge on any atom is -0.483 e. The van der Waals surface area contributed by atoms with Crippen LogP contribution in [0.15, 0.2) is 84.0 Å². The monoisotopic (exact) mass is 434 g/mol. The van der Waals surface area contributed by atoms with Crippen molar-refractivity contribution in [2.45, 2.75) is 0 Å². The van der Waals surface area contributed by atoms with Crippen LogP contribution >= 0.6 is 0 Å². The van der Waals surface area contributed by atoms with Gasteiger partial charge in [-0.2, -0.15) is 5.10 Å². The lowest BCUT2D eigenvalue weighted by atomic mass is 10.2. The van der Waals surface area contributed by atoms with Gasteiger partial charge in [0.15, 0.2) is 6.61 Å². The summed E-state index contributed by atoms with van der Waals surface area (Å²) in [5.41, 5.74) is 3.05. The van der Waals surface area contributed by atoms with Crippen molar-refractivity contribution < 1.29 is 23.5 Å². The Balaban J connectivity index is 1.53. The van der Waals surface area contributed by atoms with Crippen LogP contribution in [0.4, 0.5) is 15.8 Å². The zero-order valence-electron chi connectivity index (χ0n) is 16.7. The lowest BCUT2D eigenvalue weighted by Gasteiger charge is -2.09. The van der Waals surface area contributed by atoms with E-state index in [0.717, 1.165) is 6.07 Å². The minimum atomic E-state index is -1.08. The van der Waals surface area contributed by atoms with Crippen LogP contribution in [0.3, 0.4) is 0 Å². The minimum absolute atomic E-state index is 0.121. The fourth-order valence-electron chi connectivity index (χ4n) is 2.53. The Hall–Kier alpha value is -4.53. The van der Waals surface area contributed by atoms with E-state index in [9.17, 15) is 18.8 Å². The second-order valence-electron chi connectivity index (χ2n) is 6.37. The number of anilines is 2. The number of hydrogen-bond donors (Lipinski definition) is 3. The lowest BCUT2D eigenvalue weighted by Crippen LogP contribution is -2.32. The number of nitrogens with one attached hydrogen (secondary N) is 3. The SMILES string of the molecule is O=C(COc1ccccc1/C=N\NC(=O)C(=O)Nc1ccccc1F)Nc1ccccc1. The van der Waals surface area contributed by atoms with Gasteiger partial charge in [0.1, 0.15) is 11.6 Å². The second kappa shape index (κ2) is 11.0. The molecule has 3 aromatic carbocycles. The summed E-state index contributed by atoms with van der Waals surface area (Å²) >= 11 is 0. The average Bonchev–Trinajstić information content (AvgIpc) is 2.80. The summed E-state index contributed by atoms with van der Waals surface area (Å²) in [4.78, 5) is 35.8. The molecule has 0 saturated carbocycles. The van der Waals surface area contributed by atoms with Gasteiger partial charge < -0.3 is 15.4 Å². The molecular formula is C23H19FN4O4. The first-order valence-electron chi connectivity index (χ1n) is 9.48. The Bertz CT molecular complexity index is 1140. The Labute approximate surface area is 183 Å². The molecule has 0 radical (unpaired) electrons. The van der Waals surface area contributed by atoms with Crippen LogP contribution in [0, 0.1) is 5.82 Å². The lowest BCUT2D eigenvalue weighted by molar-refractivity contribution is -0.136.